The van der Waals surface area contributed by atoms with E-state index in [-0.39, 0.29) is 70.5 Å². The molecule has 3 aliphatic heterocycles. The van der Waals surface area contributed by atoms with Gasteiger partial charge in [-0.15, -0.1) is 11.6 Å². The summed E-state index contributed by atoms with van der Waals surface area (Å²) in [5, 5.41) is 13.8. The molecule has 9 unspecified atom stereocenters. The van der Waals surface area contributed by atoms with Gasteiger partial charge in [0, 0.05) is 66.0 Å². The number of aryl methyl sites for hydroxylation is 2. The second kappa shape index (κ2) is 12.9. The van der Waals surface area contributed by atoms with Gasteiger partial charge in [-0.2, -0.15) is 11.8 Å². The third-order valence-corrected chi connectivity index (χ3v) is 14.4. The number of carboxylic acid groups (broad SMARTS) is 1. The largest absolute Gasteiger partial charge is 0.481 e. The van der Waals surface area contributed by atoms with E-state index >= 15 is 0 Å². The molecule has 6 aliphatic rings. The number of aromatic nitrogens is 2. The minimum Gasteiger partial charge on any atom is -0.481 e. The van der Waals surface area contributed by atoms with Crippen LogP contribution in [0, 0.1) is 30.1 Å². The fraction of sp³-hybridized carbons (Fsp3) is 0.853. The summed E-state index contributed by atoms with van der Waals surface area (Å²) in [5.74, 6) is -1.66. The van der Waals surface area contributed by atoms with Crippen LogP contribution in [0.25, 0.3) is 0 Å². The van der Waals surface area contributed by atoms with Crippen molar-refractivity contribution in [2.24, 2.45) is 23.2 Å². The lowest BCUT2D eigenvalue weighted by Gasteiger charge is -2.56. The molecule has 5 fully saturated rings. The summed E-state index contributed by atoms with van der Waals surface area (Å²) in [7, 11) is 0. The summed E-state index contributed by atoms with van der Waals surface area (Å²) >= 11 is 8.53. The van der Waals surface area contributed by atoms with Crippen molar-refractivity contribution in [2.75, 3.05) is 25.4 Å². The van der Waals surface area contributed by atoms with Crippen LogP contribution in [-0.2, 0) is 28.9 Å². The van der Waals surface area contributed by atoms with Crippen molar-refractivity contribution < 1.29 is 23.4 Å². The number of ether oxygens (including phenoxy) is 1. The summed E-state index contributed by atoms with van der Waals surface area (Å²) in [6.07, 6.45) is 7.22. The fourth-order valence-corrected chi connectivity index (χ4v) is 12.0. The van der Waals surface area contributed by atoms with E-state index in [0.717, 1.165) is 68.7 Å². The number of nitrogens with zero attached hydrogens (tertiary/aromatic N) is 3. The first-order chi connectivity index (χ1) is 21.9. The average Bonchev–Trinajstić information content (AvgIpc) is 3.42. The van der Waals surface area contributed by atoms with E-state index in [0.29, 0.717) is 44.1 Å². The number of nitrogens with one attached hydrogen (secondary N) is 1. The Bertz CT molecular complexity index is 1360. The van der Waals surface area contributed by atoms with Gasteiger partial charge in [0.2, 0.25) is 5.92 Å². The average molecular weight is 683 g/mol. The van der Waals surface area contributed by atoms with Gasteiger partial charge in [0.05, 0.1) is 30.9 Å². The number of piperidine rings is 1. The third kappa shape index (κ3) is 6.41. The molecule has 3 aliphatic carbocycles. The highest BCUT2D eigenvalue weighted by Crippen LogP contribution is 2.50. The van der Waals surface area contributed by atoms with E-state index < -0.39 is 11.9 Å². The molecule has 46 heavy (non-hydrogen) atoms. The number of thioether (sulfide) groups is 1. The van der Waals surface area contributed by atoms with E-state index in [1.165, 1.54) is 0 Å². The molecule has 9 atom stereocenters. The second-order valence-corrected chi connectivity index (χ2v) is 17.2. The van der Waals surface area contributed by atoms with Crippen LogP contribution in [0.5, 0.6) is 0 Å². The first-order valence-corrected chi connectivity index (χ1v) is 19.0. The molecule has 0 aromatic carbocycles. The topological polar surface area (TPSA) is 96.7 Å². The molecule has 1 aromatic rings. The van der Waals surface area contributed by atoms with Crippen LogP contribution in [0.15, 0.2) is 4.79 Å². The quantitative estimate of drug-likeness (QED) is 0.393. The van der Waals surface area contributed by atoms with Crippen molar-refractivity contribution in [3.05, 3.63) is 27.4 Å². The van der Waals surface area contributed by atoms with Crippen molar-refractivity contribution in [1.29, 1.82) is 0 Å². The molecule has 12 heteroatoms. The summed E-state index contributed by atoms with van der Waals surface area (Å²) in [6, 6.07) is 0.469. The van der Waals surface area contributed by atoms with Gasteiger partial charge in [0.1, 0.15) is 5.82 Å². The maximum absolute atomic E-state index is 13.8. The van der Waals surface area contributed by atoms with E-state index in [2.05, 4.69) is 17.1 Å². The monoisotopic (exact) mass is 682 g/mol. The van der Waals surface area contributed by atoms with Crippen LogP contribution in [0.1, 0.15) is 81.8 Å². The molecule has 256 valence electrons. The predicted octanol–water partition coefficient (Wildman–Crippen LogP) is 4.90. The number of carboxylic acids is 1. The normalized spacial score (nSPS) is 38.6. The summed E-state index contributed by atoms with van der Waals surface area (Å²) < 4.78 is 35.9. The van der Waals surface area contributed by atoms with Crippen molar-refractivity contribution in [2.45, 2.75) is 132 Å². The highest BCUT2D eigenvalue weighted by molar-refractivity contribution is 8.00. The molecule has 7 rings (SSSR count). The summed E-state index contributed by atoms with van der Waals surface area (Å²) in [6.45, 7) is 6.64. The number of fused-ring (bicyclic) bond motifs is 2. The van der Waals surface area contributed by atoms with E-state index in [1.54, 1.807) is 16.3 Å². The van der Waals surface area contributed by atoms with Crippen LogP contribution in [0.2, 0.25) is 0 Å². The lowest BCUT2D eigenvalue weighted by atomic mass is 9.66. The van der Waals surface area contributed by atoms with Gasteiger partial charge in [0.25, 0.3) is 5.56 Å². The second-order valence-electron chi connectivity index (χ2n) is 15.4. The highest BCUT2D eigenvalue weighted by Gasteiger charge is 2.53. The van der Waals surface area contributed by atoms with Crippen LogP contribution in [0.3, 0.4) is 0 Å². The predicted molar refractivity (Wildman–Crippen MR) is 175 cm³/mol. The SMILES string of the molecule is Cc1nc2c(c(=O)n1CCOC1CCC(Cl)CC1C1CC(C)NC3C(C(=O)O)CSC13)CC(N1CC3(CCC(F)(F)CC3)C1)CC2. The molecule has 8 nitrogen and oxygen atoms in total. The lowest BCUT2D eigenvalue weighted by Crippen LogP contribution is -2.62. The molecular weight excluding hydrogens is 634 g/mol. The standard InChI is InChI=1S/C34H49ClF2N4O4S/c1-19-13-24(30-29(38-19)26(16-46-30)32(43)44)23-14-21(35)3-6-28(23)45-12-11-41-20(2)39-27-5-4-22(15-25(27)31(41)42)40-17-33(18-40)7-9-34(36,37)10-8-33/h19,21-24,26,28-30,38H,3-18H2,1-2H3,(H,43,44). The van der Waals surface area contributed by atoms with Gasteiger partial charge in [-0.05, 0) is 88.9 Å². The van der Waals surface area contributed by atoms with Gasteiger partial charge in [-0.1, -0.05) is 0 Å². The molecule has 0 bridgehead atoms. The van der Waals surface area contributed by atoms with Crippen molar-refractivity contribution in [1.82, 2.24) is 19.8 Å². The van der Waals surface area contributed by atoms with Gasteiger partial charge in [0.15, 0.2) is 0 Å². The number of hydrogen-bond acceptors (Lipinski definition) is 7. The van der Waals surface area contributed by atoms with Crippen LogP contribution >= 0.6 is 23.4 Å². The third-order valence-electron chi connectivity index (χ3n) is 12.4. The van der Waals surface area contributed by atoms with Gasteiger partial charge < -0.3 is 15.2 Å². The lowest BCUT2D eigenvalue weighted by molar-refractivity contribution is -0.142. The zero-order valence-corrected chi connectivity index (χ0v) is 28.6. The van der Waals surface area contributed by atoms with Gasteiger partial charge in [-0.3, -0.25) is 19.1 Å². The number of rotatable bonds is 7. The first-order valence-electron chi connectivity index (χ1n) is 17.5. The van der Waals surface area contributed by atoms with Crippen molar-refractivity contribution >= 4 is 29.3 Å². The van der Waals surface area contributed by atoms with Crippen molar-refractivity contribution in [3.63, 3.8) is 0 Å². The summed E-state index contributed by atoms with van der Waals surface area (Å²) in [5.41, 5.74) is 1.78. The van der Waals surface area contributed by atoms with E-state index in [1.807, 2.05) is 6.92 Å². The number of alkyl halides is 3. The molecule has 4 heterocycles. The molecule has 1 spiro atoms. The first kappa shape index (κ1) is 33.2. The zero-order chi connectivity index (χ0) is 32.4. The number of aliphatic carboxylic acids is 1. The maximum Gasteiger partial charge on any atom is 0.308 e. The van der Waals surface area contributed by atoms with Gasteiger partial charge in [-0.25, -0.2) is 13.8 Å². The number of likely N-dealkylation sites (tertiary alicyclic amines) is 1. The minimum absolute atomic E-state index is 0.000610. The summed E-state index contributed by atoms with van der Waals surface area (Å²) in [4.78, 5) is 33.1. The molecule has 0 radical (unpaired) electrons. The Morgan fingerprint density at radius 1 is 1.15 bits per heavy atom. The number of hydrogen-bond donors (Lipinski definition) is 2. The molecule has 3 saturated heterocycles. The smallest absolute Gasteiger partial charge is 0.308 e. The molecule has 1 aromatic heterocycles. The van der Waals surface area contributed by atoms with Gasteiger partial charge >= 0.3 is 5.97 Å². The van der Waals surface area contributed by atoms with E-state index in [9.17, 15) is 23.5 Å². The molecular formula is C34H49ClF2N4O4S. The minimum atomic E-state index is -2.51. The Balaban J connectivity index is 0.994. The molecule has 2 N–H and O–H groups in total. The number of carbonyl (C=O) groups is 1. The molecule has 0 amide bonds. The Morgan fingerprint density at radius 3 is 2.65 bits per heavy atom. The Hall–Kier alpha value is -1.27. The van der Waals surface area contributed by atoms with E-state index in [4.69, 9.17) is 21.3 Å². The maximum atomic E-state index is 13.8. The Labute approximate surface area is 279 Å². The Morgan fingerprint density at radius 2 is 1.91 bits per heavy atom. The van der Waals surface area contributed by atoms with Crippen LogP contribution in [-0.4, -0.2) is 91.8 Å². The zero-order valence-electron chi connectivity index (χ0n) is 27.1. The fourth-order valence-electron chi connectivity index (χ4n) is 9.83. The highest BCUT2D eigenvalue weighted by atomic mass is 35.5. The van der Waals surface area contributed by atoms with Crippen LogP contribution < -0.4 is 10.9 Å². The molecule has 2 saturated carbocycles. The Kier molecular flexibility index (Phi) is 9.31. The van der Waals surface area contributed by atoms with Crippen LogP contribution in [0.4, 0.5) is 8.78 Å². The van der Waals surface area contributed by atoms with Crippen molar-refractivity contribution in [3.8, 4) is 0 Å². The number of halogens is 3.